The maximum absolute atomic E-state index is 12.8. The van der Waals surface area contributed by atoms with Crippen LogP contribution in [0.1, 0.15) is 6.92 Å². The zero-order valence-electron chi connectivity index (χ0n) is 6.49. The second-order valence-electron chi connectivity index (χ2n) is 2.82. The van der Waals surface area contributed by atoms with Crippen LogP contribution in [-0.2, 0) is 0 Å². The summed E-state index contributed by atoms with van der Waals surface area (Å²) >= 11 is 5.80. The van der Waals surface area contributed by atoms with E-state index in [0.717, 1.165) is 11.4 Å². The Morgan fingerprint density at radius 1 is 1.42 bits per heavy atom. The first-order chi connectivity index (χ1) is 5.66. The molecule has 0 spiro atoms. The van der Waals surface area contributed by atoms with Crippen molar-refractivity contribution in [1.29, 1.82) is 0 Å². The average molecular weight is 187 g/mol. The molecule has 0 amide bonds. The van der Waals surface area contributed by atoms with Gasteiger partial charge in [0.15, 0.2) is 0 Å². The normalized spacial score (nSPS) is 19.8. The monoisotopic (exact) mass is 186 g/mol. The topological polar surface area (TPSA) is 24.1 Å². The first kappa shape index (κ1) is 7.68. The molecule has 64 valence electrons. The molecule has 2 rings (SSSR count). The molecule has 12 heavy (non-hydrogen) atoms. The van der Waals surface area contributed by atoms with Gasteiger partial charge in [0.05, 0.1) is 22.6 Å². The summed E-state index contributed by atoms with van der Waals surface area (Å²) in [5.41, 5.74) is 1.51. The van der Waals surface area contributed by atoms with Crippen LogP contribution in [0.5, 0.6) is 0 Å². The Kier molecular flexibility index (Phi) is 1.61. The lowest BCUT2D eigenvalue weighted by atomic mass is 10.3. The minimum Gasteiger partial charge on any atom is -0.364 e. The molecular weight excluding hydrogens is 179 g/mol. The standard InChI is InChI=1S/C8H8ClFN2/c1-4-11-7-3-5(10)2-6(9)8(7)12-4/h2-4,11-12H,1H3. The van der Waals surface area contributed by atoms with E-state index in [0.29, 0.717) is 5.02 Å². The van der Waals surface area contributed by atoms with Crippen LogP contribution in [0.15, 0.2) is 12.1 Å². The number of nitrogens with one attached hydrogen (secondary N) is 2. The van der Waals surface area contributed by atoms with Crippen LogP contribution in [0.25, 0.3) is 0 Å². The van der Waals surface area contributed by atoms with E-state index >= 15 is 0 Å². The van der Waals surface area contributed by atoms with E-state index in [2.05, 4.69) is 10.6 Å². The number of hydrogen-bond donors (Lipinski definition) is 2. The van der Waals surface area contributed by atoms with Crippen molar-refractivity contribution in [3.63, 3.8) is 0 Å². The molecule has 0 fully saturated rings. The summed E-state index contributed by atoms with van der Waals surface area (Å²) < 4.78 is 12.8. The third-order valence-electron chi connectivity index (χ3n) is 1.79. The van der Waals surface area contributed by atoms with Crippen molar-refractivity contribution in [3.8, 4) is 0 Å². The number of fused-ring (bicyclic) bond motifs is 1. The maximum atomic E-state index is 12.8. The van der Waals surface area contributed by atoms with Gasteiger partial charge in [0.2, 0.25) is 0 Å². The van der Waals surface area contributed by atoms with Crippen LogP contribution in [0.3, 0.4) is 0 Å². The molecule has 1 unspecified atom stereocenters. The lowest BCUT2D eigenvalue weighted by molar-refractivity contribution is 0.629. The number of rotatable bonds is 0. The molecule has 1 aliphatic rings. The second kappa shape index (κ2) is 2.52. The number of benzene rings is 1. The van der Waals surface area contributed by atoms with Gasteiger partial charge in [-0.05, 0) is 19.1 Å². The molecule has 0 saturated heterocycles. The van der Waals surface area contributed by atoms with Crippen molar-refractivity contribution >= 4 is 23.0 Å². The fourth-order valence-electron chi connectivity index (χ4n) is 1.32. The molecule has 1 heterocycles. The Balaban J connectivity index is 2.52. The van der Waals surface area contributed by atoms with Gasteiger partial charge >= 0.3 is 0 Å². The highest BCUT2D eigenvalue weighted by atomic mass is 35.5. The molecule has 0 bridgehead atoms. The molecule has 2 nitrogen and oxygen atoms in total. The fourth-order valence-corrected chi connectivity index (χ4v) is 1.58. The zero-order valence-corrected chi connectivity index (χ0v) is 7.24. The molecule has 1 aliphatic heterocycles. The van der Waals surface area contributed by atoms with Crippen molar-refractivity contribution in [1.82, 2.24) is 0 Å². The van der Waals surface area contributed by atoms with E-state index in [1.807, 2.05) is 6.92 Å². The Hall–Kier alpha value is -0.960. The van der Waals surface area contributed by atoms with Crippen molar-refractivity contribution in [2.75, 3.05) is 10.6 Å². The second-order valence-corrected chi connectivity index (χ2v) is 3.23. The number of halogens is 2. The summed E-state index contributed by atoms with van der Waals surface area (Å²) in [5, 5.41) is 6.54. The lowest BCUT2D eigenvalue weighted by Gasteiger charge is -2.02. The van der Waals surface area contributed by atoms with Gasteiger partial charge in [0.1, 0.15) is 5.82 Å². The zero-order chi connectivity index (χ0) is 8.72. The molecular formula is C8H8ClFN2. The largest absolute Gasteiger partial charge is 0.364 e. The first-order valence-electron chi connectivity index (χ1n) is 3.69. The molecule has 1 atom stereocenters. The van der Waals surface area contributed by atoms with Gasteiger partial charge in [-0.25, -0.2) is 4.39 Å². The highest BCUT2D eigenvalue weighted by Gasteiger charge is 2.18. The number of hydrogen-bond acceptors (Lipinski definition) is 2. The van der Waals surface area contributed by atoms with E-state index in [9.17, 15) is 4.39 Å². The lowest BCUT2D eigenvalue weighted by Crippen LogP contribution is -2.16. The summed E-state index contributed by atoms with van der Waals surface area (Å²) in [5.74, 6) is -0.317. The highest BCUT2D eigenvalue weighted by Crippen LogP contribution is 2.36. The van der Waals surface area contributed by atoms with Gasteiger partial charge < -0.3 is 10.6 Å². The Labute approximate surface area is 74.7 Å². The Bertz CT molecular complexity index is 327. The quantitative estimate of drug-likeness (QED) is 0.651. The summed E-state index contributed by atoms with van der Waals surface area (Å²) in [7, 11) is 0. The van der Waals surface area contributed by atoms with Crippen LogP contribution in [0.4, 0.5) is 15.8 Å². The van der Waals surface area contributed by atoms with Crippen LogP contribution in [-0.4, -0.2) is 6.17 Å². The summed E-state index contributed by atoms with van der Waals surface area (Å²) in [6, 6.07) is 2.73. The van der Waals surface area contributed by atoms with Gasteiger partial charge in [-0.15, -0.1) is 0 Å². The van der Waals surface area contributed by atoms with Crippen LogP contribution >= 0.6 is 11.6 Å². The van der Waals surface area contributed by atoms with Gasteiger partial charge in [-0.1, -0.05) is 11.6 Å². The predicted octanol–water partition coefficient (Wildman–Crippen LogP) is 2.66. The van der Waals surface area contributed by atoms with E-state index in [4.69, 9.17) is 11.6 Å². The van der Waals surface area contributed by atoms with Crippen LogP contribution in [0.2, 0.25) is 5.02 Å². The molecule has 2 N–H and O–H groups in total. The van der Waals surface area contributed by atoms with Crippen LogP contribution < -0.4 is 10.6 Å². The Morgan fingerprint density at radius 2 is 2.17 bits per heavy atom. The minimum absolute atomic E-state index is 0.110. The third kappa shape index (κ3) is 1.10. The van der Waals surface area contributed by atoms with E-state index in [-0.39, 0.29) is 12.0 Å². The highest BCUT2D eigenvalue weighted by molar-refractivity contribution is 6.34. The molecule has 1 aromatic rings. The van der Waals surface area contributed by atoms with Gasteiger partial charge in [-0.3, -0.25) is 0 Å². The first-order valence-corrected chi connectivity index (χ1v) is 4.07. The van der Waals surface area contributed by atoms with E-state index in [1.54, 1.807) is 0 Å². The van der Waals surface area contributed by atoms with Crippen LogP contribution in [0, 0.1) is 5.82 Å². The maximum Gasteiger partial charge on any atom is 0.126 e. The molecule has 0 aliphatic carbocycles. The van der Waals surface area contributed by atoms with E-state index in [1.165, 1.54) is 12.1 Å². The van der Waals surface area contributed by atoms with Gasteiger partial charge in [-0.2, -0.15) is 0 Å². The summed E-state index contributed by atoms with van der Waals surface area (Å²) in [6.45, 7) is 1.94. The molecule has 4 heteroatoms. The van der Waals surface area contributed by atoms with E-state index < -0.39 is 0 Å². The number of anilines is 2. The molecule has 0 aromatic heterocycles. The average Bonchev–Trinajstić information content (AvgIpc) is 2.29. The SMILES string of the molecule is CC1Nc2cc(F)cc(Cl)c2N1. The van der Waals surface area contributed by atoms with Gasteiger partial charge in [0.25, 0.3) is 0 Å². The van der Waals surface area contributed by atoms with Crippen molar-refractivity contribution in [2.45, 2.75) is 13.1 Å². The minimum atomic E-state index is -0.317. The smallest absolute Gasteiger partial charge is 0.126 e. The molecule has 0 radical (unpaired) electrons. The third-order valence-corrected chi connectivity index (χ3v) is 2.09. The Morgan fingerprint density at radius 3 is 2.92 bits per heavy atom. The van der Waals surface area contributed by atoms with Crippen molar-refractivity contribution in [2.24, 2.45) is 0 Å². The van der Waals surface area contributed by atoms with Crippen molar-refractivity contribution < 1.29 is 4.39 Å². The molecule has 0 saturated carbocycles. The van der Waals surface area contributed by atoms with Crippen molar-refractivity contribution in [3.05, 3.63) is 23.0 Å². The summed E-state index contributed by atoms with van der Waals surface area (Å²) in [6.07, 6.45) is 0.110. The predicted molar refractivity (Wildman–Crippen MR) is 48.1 cm³/mol. The summed E-state index contributed by atoms with van der Waals surface area (Å²) in [4.78, 5) is 0. The molecule has 1 aromatic carbocycles. The van der Waals surface area contributed by atoms with Gasteiger partial charge in [0, 0.05) is 0 Å². The fraction of sp³-hybridized carbons (Fsp3) is 0.250.